The van der Waals surface area contributed by atoms with E-state index in [0.29, 0.717) is 46.5 Å². The molecule has 1 aliphatic heterocycles. The number of benzene rings is 2. The van der Waals surface area contributed by atoms with Crippen LogP contribution in [0.3, 0.4) is 0 Å². The lowest BCUT2D eigenvalue weighted by Gasteiger charge is -2.33. The Bertz CT molecular complexity index is 1430. The zero-order valence-corrected chi connectivity index (χ0v) is 19.3. The smallest absolute Gasteiger partial charge is 0.337 e. The van der Waals surface area contributed by atoms with Gasteiger partial charge in [-0.15, -0.1) is 0 Å². The molecule has 0 fully saturated rings. The molecule has 172 valence electrons. The summed E-state index contributed by atoms with van der Waals surface area (Å²) in [4.78, 5) is 40.0. The standard InChI is InChI=1S/C27H22ClNO5/c1-15-23(27(32)34-13-16-6-3-2-4-7-16)24(25-20(29-15)8-5-9-21(25)30)19-14-33-22-11-10-17(28)12-18(22)26(19)31/h2-4,6-7,10-12,14,24,29H,5,8-9,13H2,1H3/t24-/m1/s1. The van der Waals surface area contributed by atoms with Crippen LogP contribution in [0.1, 0.15) is 43.2 Å². The molecule has 34 heavy (non-hydrogen) atoms. The molecule has 0 unspecified atom stereocenters. The average molecular weight is 476 g/mol. The molecule has 0 saturated carbocycles. The van der Waals surface area contributed by atoms with E-state index in [1.54, 1.807) is 19.1 Å². The number of dihydropyridines is 1. The largest absolute Gasteiger partial charge is 0.464 e. The number of hydrogen-bond acceptors (Lipinski definition) is 6. The summed E-state index contributed by atoms with van der Waals surface area (Å²) in [5, 5.41) is 3.92. The van der Waals surface area contributed by atoms with Gasteiger partial charge in [-0.1, -0.05) is 41.9 Å². The van der Waals surface area contributed by atoms with Crippen molar-refractivity contribution in [2.75, 3.05) is 0 Å². The van der Waals surface area contributed by atoms with E-state index in [1.165, 1.54) is 12.3 Å². The maximum absolute atomic E-state index is 13.6. The summed E-state index contributed by atoms with van der Waals surface area (Å²) in [7, 11) is 0. The molecule has 0 spiro atoms. The molecule has 2 aliphatic rings. The number of hydrogen-bond donors (Lipinski definition) is 1. The predicted molar refractivity (Wildman–Crippen MR) is 128 cm³/mol. The zero-order chi connectivity index (χ0) is 23.8. The van der Waals surface area contributed by atoms with Crippen LogP contribution in [-0.4, -0.2) is 11.8 Å². The first-order valence-corrected chi connectivity index (χ1v) is 11.5. The van der Waals surface area contributed by atoms with Crippen LogP contribution < -0.4 is 10.7 Å². The first-order chi connectivity index (χ1) is 16.4. The predicted octanol–water partition coefficient (Wildman–Crippen LogP) is 5.16. The number of carbonyl (C=O) groups is 2. The maximum atomic E-state index is 13.6. The molecule has 3 aromatic rings. The summed E-state index contributed by atoms with van der Waals surface area (Å²) < 4.78 is 11.4. The second kappa shape index (κ2) is 8.95. The molecule has 1 aliphatic carbocycles. The second-order valence-corrected chi connectivity index (χ2v) is 8.92. The highest BCUT2D eigenvalue weighted by atomic mass is 35.5. The van der Waals surface area contributed by atoms with Gasteiger partial charge in [0.15, 0.2) is 11.2 Å². The van der Waals surface area contributed by atoms with Gasteiger partial charge in [0.25, 0.3) is 0 Å². The number of carbonyl (C=O) groups excluding carboxylic acids is 2. The fourth-order valence-electron chi connectivity index (χ4n) is 4.68. The van der Waals surface area contributed by atoms with Crippen LogP contribution in [0.4, 0.5) is 0 Å². The number of halogens is 1. The summed E-state index contributed by atoms with van der Waals surface area (Å²) in [5.41, 5.74) is 3.06. The lowest BCUT2D eigenvalue weighted by molar-refractivity contribution is -0.140. The van der Waals surface area contributed by atoms with Crippen molar-refractivity contribution in [2.45, 2.75) is 38.7 Å². The van der Waals surface area contributed by atoms with Gasteiger partial charge in [0, 0.05) is 34.0 Å². The molecule has 1 atom stereocenters. The van der Waals surface area contributed by atoms with Gasteiger partial charge >= 0.3 is 5.97 Å². The molecular formula is C27H22ClNO5. The minimum absolute atomic E-state index is 0.0744. The highest BCUT2D eigenvalue weighted by Crippen LogP contribution is 2.42. The Kier molecular flexibility index (Phi) is 5.84. The quantitative estimate of drug-likeness (QED) is 0.525. The van der Waals surface area contributed by atoms with Crippen molar-refractivity contribution >= 4 is 34.3 Å². The summed E-state index contributed by atoms with van der Waals surface area (Å²) in [6.45, 7) is 1.83. The number of rotatable bonds is 4. The van der Waals surface area contributed by atoms with Crippen LogP contribution >= 0.6 is 11.6 Å². The van der Waals surface area contributed by atoms with Crippen LogP contribution in [0.2, 0.25) is 5.02 Å². The third-order valence-corrected chi connectivity index (χ3v) is 6.52. The van der Waals surface area contributed by atoms with E-state index in [-0.39, 0.29) is 29.0 Å². The van der Waals surface area contributed by atoms with E-state index in [4.69, 9.17) is 20.8 Å². The zero-order valence-electron chi connectivity index (χ0n) is 18.5. The van der Waals surface area contributed by atoms with Crippen molar-refractivity contribution in [2.24, 2.45) is 0 Å². The summed E-state index contributed by atoms with van der Waals surface area (Å²) in [6.07, 6.45) is 3.07. The van der Waals surface area contributed by atoms with Gasteiger partial charge in [-0.2, -0.15) is 0 Å². The summed E-state index contributed by atoms with van der Waals surface area (Å²) in [6, 6.07) is 14.1. The Morgan fingerprint density at radius 2 is 1.94 bits per heavy atom. The fraction of sp³-hybridized carbons (Fsp3) is 0.222. The first-order valence-electron chi connectivity index (χ1n) is 11.1. The molecule has 0 amide bonds. The normalized spacial score (nSPS) is 18.1. The number of allylic oxidation sites excluding steroid dienone is 3. The molecule has 6 nitrogen and oxygen atoms in total. The van der Waals surface area contributed by atoms with E-state index in [1.807, 2.05) is 30.3 Å². The van der Waals surface area contributed by atoms with E-state index < -0.39 is 11.9 Å². The van der Waals surface area contributed by atoms with E-state index in [2.05, 4.69) is 5.32 Å². The van der Waals surface area contributed by atoms with Crippen LogP contribution in [0.25, 0.3) is 11.0 Å². The Morgan fingerprint density at radius 1 is 1.15 bits per heavy atom. The lowest BCUT2D eigenvalue weighted by Crippen LogP contribution is -2.36. The van der Waals surface area contributed by atoms with Gasteiger partial charge in [0.05, 0.1) is 23.1 Å². The van der Waals surface area contributed by atoms with Crippen molar-refractivity contribution in [1.29, 1.82) is 0 Å². The molecule has 7 heteroatoms. The number of Topliss-reactive ketones (excluding diaryl/α,β-unsaturated/α-hetero) is 1. The van der Waals surface area contributed by atoms with E-state index in [0.717, 1.165) is 11.3 Å². The van der Waals surface area contributed by atoms with Crippen LogP contribution in [0, 0.1) is 0 Å². The van der Waals surface area contributed by atoms with Crippen molar-refractivity contribution in [3.05, 3.63) is 104 Å². The Morgan fingerprint density at radius 3 is 2.74 bits per heavy atom. The highest BCUT2D eigenvalue weighted by molar-refractivity contribution is 6.31. The van der Waals surface area contributed by atoms with Crippen molar-refractivity contribution < 1.29 is 18.7 Å². The molecule has 1 aromatic heterocycles. The molecule has 2 aromatic carbocycles. The van der Waals surface area contributed by atoms with Gasteiger partial charge in [-0.3, -0.25) is 9.59 Å². The Labute approximate surface area is 200 Å². The molecule has 0 radical (unpaired) electrons. The fourth-order valence-corrected chi connectivity index (χ4v) is 4.86. The third-order valence-electron chi connectivity index (χ3n) is 6.28. The second-order valence-electron chi connectivity index (χ2n) is 8.49. The molecule has 0 bridgehead atoms. The molecule has 1 N–H and O–H groups in total. The van der Waals surface area contributed by atoms with Crippen molar-refractivity contribution in [3.8, 4) is 0 Å². The Balaban J connectivity index is 1.63. The van der Waals surface area contributed by atoms with Gasteiger partial charge < -0.3 is 14.5 Å². The molecular weight excluding hydrogens is 454 g/mol. The summed E-state index contributed by atoms with van der Waals surface area (Å²) >= 11 is 6.13. The number of fused-ring (bicyclic) bond motifs is 1. The van der Waals surface area contributed by atoms with Crippen molar-refractivity contribution in [1.82, 2.24) is 5.32 Å². The van der Waals surface area contributed by atoms with Crippen LogP contribution in [-0.2, 0) is 20.9 Å². The lowest BCUT2D eigenvalue weighted by atomic mass is 9.75. The van der Waals surface area contributed by atoms with Gasteiger partial charge in [-0.25, -0.2) is 4.79 Å². The van der Waals surface area contributed by atoms with Gasteiger partial charge in [-0.05, 0) is 43.5 Å². The molecule has 5 rings (SSSR count). The van der Waals surface area contributed by atoms with Gasteiger partial charge in [0.2, 0.25) is 0 Å². The third kappa shape index (κ3) is 3.94. The average Bonchev–Trinajstić information content (AvgIpc) is 2.83. The SMILES string of the molecule is CC1=C(C(=O)OCc2ccccc2)[C@@H](c2coc3ccc(Cl)cc3c2=O)C2=C(CCCC2=O)N1. The van der Waals surface area contributed by atoms with Crippen LogP contribution in [0.5, 0.6) is 0 Å². The van der Waals surface area contributed by atoms with E-state index >= 15 is 0 Å². The van der Waals surface area contributed by atoms with Crippen LogP contribution in [0.15, 0.2) is 86.5 Å². The van der Waals surface area contributed by atoms with Gasteiger partial charge in [0.1, 0.15) is 12.2 Å². The number of ketones is 1. The highest BCUT2D eigenvalue weighted by Gasteiger charge is 2.40. The van der Waals surface area contributed by atoms with Crippen molar-refractivity contribution in [3.63, 3.8) is 0 Å². The van der Waals surface area contributed by atoms with E-state index in [9.17, 15) is 14.4 Å². The number of nitrogens with one attached hydrogen (secondary N) is 1. The topological polar surface area (TPSA) is 85.6 Å². The molecule has 2 heterocycles. The number of esters is 1. The minimum Gasteiger partial charge on any atom is -0.464 e. The maximum Gasteiger partial charge on any atom is 0.337 e. The monoisotopic (exact) mass is 475 g/mol. The summed E-state index contributed by atoms with van der Waals surface area (Å²) in [5.74, 6) is -1.56. The molecule has 0 saturated heterocycles. The first kappa shape index (κ1) is 22.2. The minimum atomic E-state index is -0.882. The Hall–Kier alpha value is -3.64. The number of ether oxygens (including phenoxy) is 1.